The van der Waals surface area contributed by atoms with Gasteiger partial charge in [-0.1, -0.05) is 53.3 Å². The van der Waals surface area contributed by atoms with Crippen molar-refractivity contribution in [1.29, 1.82) is 0 Å². The largest absolute Gasteiger partial charge is 0.299 e. The lowest BCUT2D eigenvalue weighted by Gasteiger charge is -2.21. The van der Waals surface area contributed by atoms with Crippen LogP contribution in [-0.4, -0.2) is 37.3 Å². The number of hydrogen-bond acceptors (Lipinski definition) is 6. The van der Waals surface area contributed by atoms with Crippen LogP contribution in [0.15, 0.2) is 48.5 Å². The van der Waals surface area contributed by atoms with Gasteiger partial charge in [0.2, 0.25) is 21.1 Å². The fraction of sp³-hybridized carbons (Fsp3) is 0.118. The van der Waals surface area contributed by atoms with Crippen molar-refractivity contribution in [3.8, 4) is 10.6 Å². The second-order valence-electron chi connectivity index (χ2n) is 5.69. The van der Waals surface area contributed by atoms with Crippen LogP contribution in [0.4, 0.5) is 15.2 Å². The second kappa shape index (κ2) is 8.21. The van der Waals surface area contributed by atoms with Crippen LogP contribution in [0.1, 0.15) is 0 Å². The van der Waals surface area contributed by atoms with Gasteiger partial charge in [-0.05, 0) is 18.2 Å². The van der Waals surface area contributed by atoms with E-state index in [1.807, 2.05) is 30.3 Å². The van der Waals surface area contributed by atoms with Gasteiger partial charge in [-0.3, -0.25) is 14.4 Å². The Hall–Kier alpha value is -2.56. The fourth-order valence-corrected chi connectivity index (χ4v) is 4.09. The molecule has 2 aromatic carbocycles. The van der Waals surface area contributed by atoms with Crippen LogP contribution in [0, 0.1) is 5.82 Å². The first kappa shape index (κ1) is 20.2. The van der Waals surface area contributed by atoms with Crippen molar-refractivity contribution in [3.05, 3.63) is 59.4 Å². The Labute approximate surface area is 169 Å². The number of nitrogens with one attached hydrogen (secondary N) is 1. The third kappa shape index (κ3) is 4.83. The van der Waals surface area contributed by atoms with Gasteiger partial charge in [0.25, 0.3) is 0 Å². The van der Waals surface area contributed by atoms with E-state index in [0.717, 1.165) is 39.6 Å². The number of sulfonamides is 1. The van der Waals surface area contributed by atoms with Crippen LogP contribution in [0.3, 0.4) is 0 Å². The van der Waals surface area contributed by atoms with E-state index in [9.17, 15) is 17.6 Å². The van der Waals surface area contributed by atoms with Gasteiger partial charge in [0.15, 0.2) is 0 Å². The first-order valence-corrected chi connectivity index (χ1v) is 10.9. The van der Waals surface area contributed by atoms with Crippen LogP contribution in [0.5, 0.6) is 0 Å². The number of carbonyl (C=O) groups excluding carboxylic acids is 1. The van der Waals surface area contributed by atoms with E-state index in [-0.39, 0.29) is 15.8 Å². The highest BCUT2D eigenvalue weighted by molar-refractivity contribution is 7.92. The van der Waals surface area contributed by atoms with Gasteiger partial charge in [0.05, 0.1) is 17.0 Å². The van der Waals surface area contributed by atoms with Crippen LogP contribution in [0.2, 0.25) is 5.02 Å². The lowest BCUT2D eigenvalue weighted by atomic mass is 10.2. The van der Waals surface area contributed by atoms with Gasteiger partial charge in [-0.25, -0.2) is 12.8 Å². The van der Waals surface area contributed by atoms with Crippen LogP contribution in [-0.2, 0) is 14.8 Å². The molecule has 0 aliphatic heterocycles. The van der Waals surface area contributed by atoms with Crippen LogP contribution < -0.4 is 9.62 Å². The molecule has 0 spiro atoms. The van der Waals surface area contributed by atoms with Crippen molar-refractivity contribution < 1.29 is 17.6 Å². The van der Waals surface area contributed by atoms with E-state index in [1.165, 1.54) is 6.07 Å². The zero-order valence-corrected chi connectivity index (χ0v) is 16.9. The van der Waals surface area contributed by atoms with E-state index in [4.69, 9.17) is 11.6 Å². The second-order valence-corrected chi connectivity index (χ2v) is 8.99. The van der Waals surface area contributed by atoms with Crippen LogP contribution in [0.25, 0.3) is 10.6 Å². The number of halogens is 2. The summed E-state index contributed by atoms with van der Waals surface area (Å²) in [5, 5.41) is 11.0. The molecule has 11 heteroatoms. The highest BCUT2D eigenvalue weighted by Crippen LogP contribution is 2.27. The zero-order valence-electron chi connectivity index (χ0n) is 14.5. The van der Waals surface area contributed by atoms with Crippen molar-refractivity contribution in [2.24, 2.45) is 0 Å². The van der Waals surface area contributed by atoms with Gasteiger partial charge in [-0.15, -0.1) is 10.2 Å². The average Bonchev–Trinajstić information content (AvgIpc) is 3.10. The molecular formula is C17H14ClFN4O3S2. The molecule has 3 aromatic rings. The predicted octanol–water partition coefficient (Wildman–Crippen LogP) is 3.40. The average molecular weight is 441 g/mol. The minimum Gasteiger partial charge on any atom is -0.299 e. The zero-order chi connectivity index (χ0) is 20.3. The highest BCUT2D eigenvalue weighted by atomic mass is 35.5. The molecule has 0 atom stereocenters. The summed E-state index contributed by atoms with van der Waals surface area (Å²) in [6, 6.07) is 12.7. The molecule has 3 rings (SSSR count). The monoisotopic (exact) mass is 440 g/mol. The lowest BCUT2D eigenvalue weighted by molar-refractivity contribution is -0.114. The summed E-state index contributed by atoms with van der Waals surface area (Å²) >= 11 is 6.88. The van der Waals surface area contributed by atoms with Gasteiger partial charge in [-0.2, -0.15) is 0 Å². The van der Waals surface area contributed by atoms with Crippen molar-refractivity contribution in [3.63, 3.8) is 0 Å². The standard InChI is InChI=1S/C17H14ClFN4O3S2/c1-28(25,26)23(12-7-8-14(19)13(18)9-12)10-15(24)20-17-22-21-16(27-17)11-5-3-2-4-6-11/h2-9H,10H2,1H3,(H,20,22,24). The lowest BCUT2D eigenvalue weighted by Crippen LogP contribution is -2.37. The third-order valence-corrected chi connectivity index (χ3v) is 5.89. The summed E-state index contributed by atoms with van der Waals surface area (Å²) < 4.78 is 38.4. The highest BCUT2D eigenvalue weighted by Gasteiger charge is 2.22. The Morgan fingerprint density at radius 2 is 1.93 bits per heavy atom. The maximum atomic E-state index is 13.4. The summed E-state index contributed by atoms with van der Waals surface area (Å²) in [7, 11) is -3.81. The van der Waals surface area contributed by atoms with Crippen molar-refractivity contribution in [2.75, 3.05) is 22.4 Å². The molecule has 0 saturated carbocycles. The number of hydrogen-bond donors (Lipinski definition) is 1. The van der Waals surface area contributed by atoms with Crippen molar-refractivity contribution in [1.82, 2.24) is 10.2 Å². The van der Waals surface area contributed by atoms with Gasteiger partial charge in [0, 0.05) is 5.56 Å². The quantitative estimate of drug-likeness (QED) is 0.634. The van der Waals surface area contributed by atoms with E-state index in [0.29, 0.717) is 5.01 Å². The number of benzene rings is 2. The molecule has 1 N–H and O–H groups in total. The summed E-state index contributed by atoms with van der Waals surface area (Å²) in [5.41, 5.74) is 0.922. The smallest absolute Gasteiger partial charge is 0.246 e. The first-order chi connectivity index (χ1) is 13.2. The first-order valence-electron chi connectivity index (χ1n) is 7.85. The number of carbonyl (C=O) groups is 1. The number of aromatic nitrogens is 2. The van der Waals surface area contributed by atoms with E-state index in [1.54, 1.807) is 0 Å². The normalized spacial score (nSPS) is 11.2. The maximum Gasteiger partial charge on any atom is 0.246 e. The Kier molecular flexibility index (Phi) is 5.92. The molecule has 0 aliphatic rings. The van der Waals surface area contributed by atoms with Gasteiger partial charge >= 0.3 is 0 Å². The Morgan fingerprint density at radius 3 is 2.57 bits per heavy atom. The molecule has 1 heterocycles. The molecule has 7 nitrogen and oxygen atoms in total. The number of rotatable bonds is 6. The molecule has 0 radical (unpaired) electrons. The summed E-state index contributed by atoms with van der Waals surface area (Å²) in [6.07, 6.45) is 0.940. The molecule has 0 saturated heterocycles. The van der Waals surface area contributed by atoms with E-state index >= 15 is 0 Å². The van der Waals surface area contributed by atoms with Gasteiger partial charge < -0.3 is 0 Å². The van der Waals surface area contributed by atoms with Crippen molar-refractivity contribution >= 4 is 49.7 Å². The minimum atomic E-state index is -3.81. The Balaban J connectivity index is 1.76. The molecule has 28 heavy (non-hydrogen) atoms. The molecule has 146 valence electrons. The minimum absolute atomic E-state index is 0.0753. The molecule has 0 unspecified atom stereocenters. The van der Waals surface area contributed by atoms with Gasteiger partial charge in [0.1, 0.15) is 17.4 Å². The Morgan fingerprint density at radius 1 is 1.21 bits per heavy atom. The summed E-state index contributed by atoms with van der Waals surface area (Å²) in [6.45, 7) is -0.527. The SMILES string of the molecule is CS(=O)(=O)N(CC(=O)Nc1nnc(-c2ccccc2)s1)c1ccc(F)c(Cl)c1. The molecule has 0 fully saturated rings. The summed E-state index contributed by atoms with van der Waals surface area (Å²) in [5.74, 6) is -1.31. The molecule has 1 amide bonds. The van der Waals surface area contributed by atoms with E-state index < -0.39 is 28.3 Å². The number of nitrogens with zero attached hydrogens (tertiary/aromatic N) is 3. The van der Waals surface area contributed by atoms with Crippen LogP contribution >= 0.6 is 22.9 Å². The summed E-state index contributed by atoms with van der Waals surface area (Å²) in [4.78, 5) is 12.4. The maximum absolute atomic E-state index is 13.4. The van der Waals surface area contributed by atoms with E-state index in [2.05, 4.69) is 15.5 Å². The van der Waals surface area contributed by atoms with Crippen molar-refractivity contribution in [2.45, 2.75) is 0 Å². The molecule has 1 aromatic heterocycles. The fourth-order valence-electron chi connectivity index (χ4n) is 2.30. The topological polar surface area (TPSA) is 92.3 Å². The molecule has 0 bridgehead atoms. The predicted molar refractivity (Wildman–Crippen MR) is 108 cm³/mol. The number of amides is 1. The number of anilines is 2. The molecule has 0 aliphatic carbocycles. The Bertz CT molecular complexity index is 1110. The third-order valence-electron chi connectivity index (χ3n) is 3.57. The molecular weight excluding hydrogens is 427 g/mol.